The number of hydrogen-bond acceptors (Lipinski definition) is 3. The smallest absolute Gasteiger partial charge is 0.256 e. The van der Waals surface area contributed by atoms with E-state index in [0.29, 0.717) is 22.7 Å². The first-order valence-corrected chi connectivity index (χ1v) is 8.11. The first kappa shape index (κ1) is 15.7. The van der Waals surface area contributed by atoms with Crippen LogP contribution in [0.2, 0.25) is 0 Å². The Balaban J connectivity index is 1.89. The summed E-state index contributed by atoms with van der Waals surface area (Å²) in [5.41, 5.74) is 2.57. The van der Waals surface area contributed by atoms with Crippen molar-refractivity contribution in [1.29, 1.82) is 0 Å². The molecule has 0 aliphatic heterocycles. The van der Waals surface area contributed by atoms with Crippen LogP contribution in [0.5, 0.6) is 0 Å². The van der Waals surface area contributed by atoms with E-state index in [1.807, 2.05) is 57.2 Å². The van der Waals surface area contributed by atoms with Crippen LogP contribution in [0.15, 0.2) is 51.4 Å². The van der Waals surface area contributed by atoms with Gasteiger partial charge in [0.1, 0.15) is 5.52 Å². The van der Waals surface area contributed by atoms with Crippen molar-refractivity contribution in [2.45, 2.75) is 26.2 Å². The highest BCUT2D eigenvalue weighted by Gasteiger charge is 2.21. The number of carbonyl (C=O) groups excluding carboxylic acids is 1. The zero-order valence-corrected chi connectivity index (χ0v) is 14.8. The molecule has 1 heterocycles. The van der Waals surface area contributed by atoms with Gasteiger partial charge in [0, 0.05) is 15.6 Å². The fourth-order valence-electron chi connectivity index (χ4n) is 2.17. The summed E-state index contributed by atoms with van der Waals surface area (Å²) in [6.07, 6.45) is 0. The van der Waals surface area contributed by atoms with Crippen molar-refractivity contribution in [3.05, 3.63) is 58.4 Å². The number of halogens is 1. The van der Waals surface area contributed by atoms with E-state index in [9.17, 15) is 4.79 Å². The van der Waals surface area contributed by atoms with Gasteiger partial charge in [-0.1, -0.05) is 32.9 Å². The van der Waals surface area contributed by atoms with Crippen LogP contribution in [0.1, 0.15) is 37.0 Å². The van der Waals surface area contributed by atoms with Gasteiger partial charge in [-0.25, -0.2) is 4.98 Å². The molecule has 1 aromatic heterocycles. The number of benzene rings is 2. The second-order valence-electron chi connectivity index (χ2n) is 6.39. The Hall–Kier alpha value is -2.14. The molecule has 3 aromatic rings. The lowest BCUT2D eigenvalue weighted by molar-refractivity contribution is 0.102. The lowest BCUT2D eigenvalue weighted by Crippen LogP contribution is -2.12. The van der Waals surface area contributed by atoms with Crippen molar-refractivity contribution >= 4 is 38.6 Å². The molecule has 0 unspecified atom stereocenters. The molecule has 1 N–H and O–H groups in total. The van der Waals surface area contributed by atoms with E-state index < -0.39 is 0 Å². The number of rotatable bonds is 2. The number of fused-ring (bicyclic) bond motifs is 1. The third kappa shape index (κ3) is 3.29. The Bertz CT molecular complexity index is 878. The van der Waals surface area contributed by atoms with E-state index in [2.05, 4.69) is 26.2 Å². The summed E-state index contributed by atoms with van der Waals surface area (Å²) in [6.45, 7) is 6.15. The van der Waals surface area contributed by atoms with E-state index in [1.165, 1.54) is 0 Å². The van der Waals surface area contributed by atoms with Crippen LogP contribution in [0.25, 0.3) is 11.1 Å². The second-order valence-corrected chi connectivity index (χ2v) is 7.24. The monoisotopic (exact) mass is 372 g/mol. The zero-order valence-electron chi connectivity index (χ0n) is 13.2. The van der Waals surface area contributed by atoms with Crippen molar-refractivity contribution in [2.75, 3.05) is 5.32 Å². The van der Waals surface area contributed by atoms with E-state index in [0.717, 1.165) is 9.99 Å². The highest BCUT2D eigenvalue weighted by Crippen LogP contribution is 2.27. The molecule has 0 spiro atoms. The minimum Gasteiger partial charge on any atom is -0.440 e. The highest BCUT2D eigenvalue weighted by molar-refractivity contribution is 9.10. The van der Waals surface area contributed by atoms with Crippen molar-refractivity contribution in [3.63, 3.8) is 0 Å². The zero-order chi connectivity index (χ0) is 16.6. The summed E-state index contributed by atoms with van der Waals surface area (Å²) in [4.78, 5) is 16.9. The molecule has 3 rings (SSSR count). The van der Waals surface area contributed by atoms with Gasteiger partial charge in [0.25, 0.3) is 5.91 Å². The van der Waals surface area contributed by atoms with Gasteiger partial charge in [0.05, 0.1) is 5.56 Å². The SMILES string of the molecule is CC(C)(C)c1nc2cc(NC(=O)c3ccccc3Br)ccc2o1. The maximum absolute atomic E-state index is 12.4. The molecule has 0 atom stereocenters. The lowest BCUT2D eigenvalue weighted by Gasteiger charge is -2.11. The van der Waals surface area contributed by atoms with Crippen LogP contribution >= 0.6 is 15.9 Å². The van der Waals surface area contributed by atoms with Crippen molar-refractivity contribution in [1.82, 2.24) is 4.98 Å². The van der Waals surface area contributed by atoms with Gasteiger partial charge in [-0.15, -0.1) is 0 Å². The fraction of sp³-hybridized carbons (Fsp3) is 0.222. The Morgan fingerprint density at radius 1 is 1.17 bits per heavy atom. The minimum atomic E-state index is -0.170. The predicted molar refractivity (Wildman–Crippen MR) is 94.8 cm³/mol. The van der Waals surface area contributed by atoms with Crippen LogP contribution in [-0.4, -0.2) is 10.9 Å². The summed E-state index contributed by atoms with van der Waals surface area (Å²) in [5, 5.41) is 2.89. The molecular weight excluding hydrogens is 356 g/mol. The number of hydrogen-bond donors (Lipinski definition) is 1. The molecule has 0 fully saturated rings. The Morgan fingerprint density at radius 2 is 1.91 bits per heavy atom. The molecule has 118 valence electrons. The van der Waals surface area contributed by atoms with Crippen molar-refractivity contribution in [2.24, 2.45) is 0 Å². The molecule has 5 heteroatoms. The lowest BCUT2D eigenvalue weighted by atomic mass is 9.97. The maximum atomic E-state index is 12.4. The average Bonchev–Trinajstić information content (AvgIpc) is 2.91. The van der Waals surface area contributed by atoms with Gasteiger partial charge in [-0.3, -0.25) is 4.79 Å². The first-order valence-electron chi connectivity index (χ1n) is 7.31. The quantitative estimate of drug-likeness (QED) is 0.677. The highest BCUT2D eigenvalue weighted by atomic mass is 79.9. The summed E-state index contributed by atoms with van der Waals surface area (Å²) < 4.78 is 6.52. The molecule has 1 amide bonds. The Labute approximate surface area is 143 Å². The number of carbonyl (C=O) groups is 1. The third-order valence-electron chi connectivity index (χ3n) is 3.41. The Kier molecular flexibility index (Phi) is 3.98. The Morgan fingerprint density at radius 3 is 2.61 bits per heavy atom. The molecule has 2 aromatic carbocycles. The third-order valence-corrected chi connectivity index (χ3v) is 4.10. The predicted octanol–water partition coefficient (Wildman–Crippen LogP) is 5.14. The summed E-state index contributed by atoms with van der Waals surface area (Å²) in [7, 11) is 0. The molecule has 0 aliphatic carbocycles. The molecule has 0 saturated heterocycles. The molecule has 4 nitrogen and oxygen atoms in total. The molecule has 0 bridgehead atoms. The van der Waals surface area contributed by atoms with E-state index in [1.54, 1.807) is 6.07 Å². The van der Waals surface area contributed by atoms with E-state index in [4.69, 9.17) is 4.42 Å². The normalized spacial score (nSPS) is 11.7. The molecular formula is C18H17BrN2O2. The fourth-order valence-corrected chi connectivity index (χ4v) is 2.63. The largest absolute Gasteiger partial charge is 0.440 e. The van der Waals surface area contributed by atoms with Crippen LogP contribution in [0.4, 0.5) is 5.69 Å². The number of aromatic nitrogens is 1. The van der Waals surface area contributed by atoms with Gasteiger partial charge >= 0.3 is 0 Å². The number of amides is 1. The standard InChI is InChI=1S/C18H17BrN2O2/c1-18(2,3)17-21-14-10-11(8-9-15(14)23-17)20-16(22)12-6-4-5-7-13(12)19/h4-10H,1-3H3,(H,20,22). The van der Waals surface area contributed by atoms with Crippen LogP contribution in [0.3, 0.4) is 0 Å². The van der Waals surface area contributed by atoms with Gasteiger partial charge < -0.3 is 9.73 Å². The summed E-state index contributed by atoms with van der Waals surface area (Å²) in [5.74, 6) is 0.512. The van der Waals surface area contributed by atoms with Crippen LogP contribution in [-0.2, 0) is 5.41 Å². The van der Waals surface area contributed by atoms with Gasteiger partial charge in [0.15, 0.2) is 5.58 Å². The minimum absolute atomic E-state index is 0.155. The molecule has 0 saturated carbocycles. The van der Waals surface area contributed by atoms with Crippen molar-refractivity contribution in [3.8, 4) is 0 Å². The topological polar surface area (TPSA) is 55.1 Å². The average molecular weight is 373 g/mol. The van der Waals surface area contributed by atoms with Crippen molar-refractivity contribution < 1.29 is 9.21 Å². The van der Waals surface area contributed by atoms with Gasteiger partial charge in [-0.05, 0) is 46.3 Å². The van der Waals surface area contributed by atoms with E-state index >= 15 is 0 Å². The number of nitrogens with one attached hydrogen (secondary N) is 1. The molecule has 0 radical (unpaired) electrons. The number of anilines is 1. The first-order chi connectivity index (χ1) is 10.8. The molecule has 0 aliphatic rings. The van der Waals surface area contributed by atoms with E-state index in [-0.39, 0.29) is 11.3 Å². The number of nitrogens with zero attached hydrogens (tertiary/aromatic N) is 1. The van der Waals surface area contributed by atoms with Gasteiger partial charge in [-0.2, -0.15) is 0 Å². The maximum Gasteiger partial charge on any atom is 0.256 e. The van der Waals surface area contributed by atoms with Gasteiger partial charge in [0.2, 0.25) is 5.89 Å². The summed E-state index contributed by atoms with van der Waals surface area (Å²) >= 11 is 3.39. The number of oxazole rings is 1. The second kappa shape index (κ2) is 5.81. The summed E-state index contributed by atoms with van der Waals surface area (Å²) in [6, 6.07) is 12.8. The van der Waals surface area contributed by atoms with Crippen LogP contribution < -0.4 is 5.32 Å². The molecule has 23 heavy (non-hydrogen) atoms. The van der Waals surface area contributed by atoms with Crippen LogP contribution in [0, 0.1) is 0 Å².